The Morgan fingerprint density at radius 2 is 2.10 bits per heavy atom. The number of nitrogens with zero attached hydrogens (tertiary/aromatic N) is 1. The number of rotatable bonds is 4. The summed E-state index contributed by atoms with van der Waals surface area (Å²) in [5, 5.41) is 10.0. The first kappa shape index (κ1) is 14.7. The molecule has 1 aromatic carbocycles. The number of benzene rings is 1. The zero-order chi connectivity index (χ0) is 14.7. The first-order chi connectivity index (χ1) is 9.54. The lowest BCUT2D eigenvalue weighted by Crippen LogP contribution is -2.39. The van der Waals surface area contributed by atoms with Gasteiger partial charge in [-0.15, -0.1) is 0 Å². The number of methoxy groups -OCH3 is 1. The van der Waals surface area contributed by atoms with E-state index in [2.05, 4.69) is 4.90 Å². The average molecular weight is 278 g/mol. The van der Waals surface area contributed by atoms with Gasteiger partial charge in [-0.1, -0.05) is 6.07 Å². The smallest absolute Gasteiger partial charge is 0.220 e. The summed E-state index contributed by atoms with van der Waals surface area (Å²) in [6.07, 6.45) is 0.910. The SMILES string of the molecule is COc1cccc(N2CCC(C(N)=O)CC2)c1[C@@H](C)O. The van der Waals surface area contributed by atoms with Crippen LogP contribution < -0.4 is 15.4 Å². The summed E-state index contributed by atoms with van der Waals surface area (Å²) < 4.78 is 5.34. The highest BCUT2D eigenvalue weighted by atomic mass is 16.5. The number of carbonyl (C=O) groups excluding carboxylic acids is 1. The minimum Gasteiger partial charge on any atom is -0.496 e. The van der Waals surface area contributed by atoms with Gasteiger partial charge in [-0.05, 0) is 31.9 Å². The number of nitrogens with two attached hydrogens (primary N) is 1. The summed E-state index contributed by atoms with van der Waals surface area (Å²) in [6, 6.07) is 5.75. The van der Waals surface area contributed by atoms with Crippen LogP contribution in [0.25, 0.3) is 0 Å². The molecule has 1 aromatic rings. The van der Waals surface area contributed by atoms with E-state index in [1.54, 1.807) is 14.0 Å². The lowest BCUT2D eigenvalue weighted by molar-refractivity contribution is -0.122. The zero-order valence-corrected chi connectivity index (χ0v) is 12.0. The number of carbonyl (C=O) groups is 1. The van der Waals surface area contributed by atoms with Gasteiger partial charge in [0, 0.05) is 30.3 Å². The molecule has 20 heavy (non-hydrogen) atoms. The number of hydrogen-bond acceptors (Lipinski definition) is 4. The van der Waals surface area contributed by atoms with Crippen LogP contribution in [0, 0.1) is 5.92 Å². The van der Waals surface area contributed by atoms with Crippen molar-refractivity contribution in [1.29, 1.82) is 0 Å². The van der Waals surface area contributed by atoms with E-state index in [9.17, 15) is 9.90 Å². The molecule has 5 nitrogen and oxygen atoms in total. The fourth-order valence-electron chi connectivity index (χ4n) is 2.81. The Balaban J connectivity index is 2.23. The van der Waals surface area contributed by atoms with Crippen molar-refractivity contribution in [3.63, 3.8) is 0 Å². The molecule has 1 aliphatic rings. The summed E-state index contributed by atoms with van der Waals surface area (Å²) in [5.41, 5.74) is 7.13. The first-order valence-corrected chi connectivity index (χ1v) is 6.93. The van der Waals surface area contributed by atoms with E-state index in [0.29, 0.717) is 5.75 Å². The topological polar surface area (TPSA) is 75.8 Å². The van der Waals surface area contributed by atoms with Crippen molar-refractivity contribution >= 4 is 11.6 Å². The maximum absolute atomic E-state index is 11.2. The number of amides is 1. The maximum atomic E-state index is 11.2. The molecule has 0 spiro atoms. The third-order valence-corrected chi connectivity index (χ3v) is 3.92. The second kappa shape index (κ2) is 6.13. The highest BCUT2D eigenvalue weighted by molar-refractivity contribution is 5.77. The number of aliphatic hydroxyl groups is 1. The number of aliphatic hydroxyl groups excluding tert-OH is 1. The standard InChI is InChI=1S/C15H22N2O3/c1-10(18)14-12(4-3-5-13(14)20-2)17-8-6-11(7-9-17)15(16)19/h3-5,10-11,18H,6-9H2,1-2H3,(H2,16,19)/t10-/m1/s1. The van der Waals surface area contributed by atoms with Gasteiger partial charge in [0.05, 0.1) is 13.2 Å². The van der Waals surface area contributed by atoms with Gasteiger partial charge in [-0.25, -0.2) is 0 Å². The highest BCUT2D eigenvalue weighted by Crippen LogP contribution is 2.36. The third-order valence-electron chi connectivity index (χ3n) is 3.92. The van der Waals surface area contributed by atoms with Crippen LogP contribution in [0.4, 0.5) is 5.69 Å². The largest absolute Gasteiger partial charge is 0.496 e. The number of piperidine rings is 1. The number of primary amides is 1. The van der Waals surface area contributed by atoms with Gasteiger partial charge in [0.25, 0.3) is 0 Å². The van der Waals surface area contributed by atoms with Gasteiger partial charge >= 0.3 is 0 Å². The van der Waals surface area contributed by atoms with Crippen molar-refractivity contribution in [3.05, 3.63) is 23.8 Å². The molecular formula is C15H22N2O3. The maximum Gasteiger partial charge on any atom is 0.220 e. The van der Waals surface area contributed by atoms with E-state index in [4.69, 9.17) is 10.5 Å². The van der Waals surface area contributed by atoms with Crippen LogP contribution in [-0.2, 0) is 4.79 Å². The summed E-state index contributed by atoms with van der Waals surface area (Å²) in [4.78, 5) is 13.4. The molecule has 0 radical (unpaired) electrons. The van der Waals surface area contributed by atoms with Crippen LogP contribution in [0.2, 0.25) is 0 Å². The van der Waals surface area contributed by atoms with E-state index in [1.165, 1.54) is 0 Å². The molecule has 0 bridgehead atoms. The normalized spacial score (nSPS) is 17.9. The van der Waals surface area contributed by atoms with Crippen LogP contribution in [0.1, 0.15) is 31.4 Å². The average Bonchev–Trinajstić information content (AvgIpc) is 2.46. The van der Waals surface area contributed by atoms with Crippen molar-refractivity contribution in [2.75, 3.05) is 25.1 Å². The summed E-state index contributed by atoms with van der Waals surface area (Å²) in [6.45, 7) is 3.26. The highest BCUT2D eigenvalue weighted by Gasteiger charge is 2.26. The third kappa shape index (κ3) is 2.88. The molecule has 5 heteroatoms. The minimum absolute atomic E-state index is 0.0353. The van der Waals surface area contributed by atoms with E-state index < -0.39 is 6.10 Å². The quantitative estimate of drug-likeness (QED) is 0.874. The first-order valence-electron chi connectivity index (χ1n) is 6.93. The van der Waals surface area contributed by atoms with Gasteiger partial charge in [-0.2, -0.15) is 0 Å². The Morgan fingerprint density at radius 1 is 1.45 bits per heavy atom. The van der Waals surface area contributed by atoms with Crippen LogP contribution in [0.3, 0.4) is 0 Å². The molecule has 1 saturated heterocycles. The van der Waals surface area contributed by atoms with E-state index >= 15 is 0 Å². The van der Waals surface area contributed by atoms with E-state index in [-0.39, 0.29) is 11.8 Å². The zero-order valence-electron chi connectivity index (χ0n) is 12.0. The fourth-order valence-corrected chi connectivity index (χ4v) is 2.81. The second-order valence-corrected chi connectivity index (χ2v) is 5.23. The van der Waals surface area contributed by atoms with Gasteiger partial charge in [0.1, 0.15) is 5.75 Å². The molecule has 3 N–H and O–H groups in total. The Morgan fingerprint density at radius 3 is 2.60 bits per heavy atom. The molecule has 2 rings (SSSR count). The van der Waals surface area contributed by atoms with Gasteiger partial charge in [0.2, 0.25) is 5.91 Å². The lowest BCUT2D eigenvalue weighted by atomic mass is 9.95. The minimum atomic E-state index is -0.602. The number of ether oxygens (including phenoxy) is 1. The predicted molar refractivity (Wildman–Crippen MR) is 77.8 cm³/mol. The molecule has 0 saturated carbocycles. The van der Waals surface area contributed by atoms with Crippen molar-refractivity contribution in [2.45, 2.75) is 25.9 Å². The number of hydrogen-bond donors (Lipinski definition) is 2. The predicted octanol–water partition coefficient (Wildman–Crippen LogP) is 1.45. The van der Waals surface area contributed by atoms with Crippen LogP contribution in [-0.4, -0.2) is 31.2 Å². The Hall–Kier alpha value is -1.75. The Labute approximate surface area is 119 Å². The van der Waals surface area contributed by atoms with E-state index in [1.807, 2.05) is 18.2 Å². The molecule has 1 amide bonds. The molecule has 0 aromatic heterocycles. The molecule has 1 heterocycles. The molecule has 0 aliphatic carbocycles. The Kier molecular flexibility index (Phi) is 4.49. The van der Waals surface area contributed by atoms with Crippen molar-refractivity contribution in [2.24, 2.45) is 11.7 Å². The summed E-state index contributed by atoms with van der Waals surface area (Å²) in [7, 11) is 1.60. The second-order valence-electron chi connectivity index (χ2n) is 5.23. The molecule has 1 fully saturated rings. The van der Waals surface area contributed by atoms with Gasteiger partial charge in [0.15, 0.2) is 0 Å². The van der Waals surface area contributed by atoms with Gasteiger partial charge in [-0.3, -0.25) is 4.79 Å². The molecule has 1 atom stereocenters. The van der Waals surface area contributed by atoms with Crippen molar-refractivity contribution in [1.82, 2.24) is 0 Å². The Bertz CT molecular complexity index is 480. The van der Waals surface area contributed by atoms with E-state index in [0.717, 1.165) is 37.2 Å². The monoisotopic (exact) mass is 278 g/mol. The van der Waals surface area contributed by atoms with Crippen LogP contribution >= 0.6 is 0 Å². The van der Waals surface area contributed by atoms with Crippen molar-refractivity contribution < 1.29 is 14.6 Å². The van der Waals surface area contributed by atoms with Crippen molar-refractivity contribution in [3.8, 4) is 5.75 Å². The van der Waals surface area contributed by atoms with Crippen LogP contribution in [0.15, 0.2) is 18.2 Å². The lowest BCUT2D eigenvalue weighted by Gasteiger charge is -2.34. The van der Waals surface area contributed by atoms with Crippen LogP contribution in [0.5, 0.6) is 5.75 Å². The fraction of sp³-hybridized carbons (Fsp3) is 0.533. The number of anilines is 1. The molecular weight excluding hydrogens is 256 g/mol. The summed E-state index contributed by atoms with van der Waals surface area (Å²) >= 11 is 0. The summed E-state index contributed by atoms with van der Waals surface area (Å²) in [5.74, 6) is 0.437. The molecule has 0 unspecified atom stereocenters. The van der Waals surface area contributed by atoms with Gasteiger partial charge < -0.3 is 20.5 Å². The molecule has 110 valence electrons. The molecule has 1 aliphatic heterocycles.